The topological polar surface area (TPSA) is 54.0 Å². The van der Waals surface area contributed by atoms with E-state index in [4.69, 9.17) is 9.47 Å². The van der Waals surface area contributed by atoms with Crippen LogP contribution < -0.4 is 5.32 Å². The molecule has 0 radical (unpaired) electrons. The highest BCUT2D eigenvalue weighted by molar-refractivity contribution is 4.71. The third-order valence-electron chi connectivity index (χ3n) is 3.39. The van der Waals surface area contributed by atoms with Crippen molar-refractivity contribution in [2.75, 3.05) is 53.0 Å². The lowest BCUT2D eigenvalue weighted by molar-refractivity contribution is -0.0296. The third-order valence-corrected chi connectivity index (χ3v) is 3.39. The predicted molar refractivity (Wildman–Crippen MR) is 71.8 cm³/mol. The summed E-state index contributed by atoms with van der Waals surface area (Å²) in [5.74, 6) is 0. The Morgan fingerprint density at radius 3 is 2.61 bits per heavy atom. The summed E-state index contributed by atoms with van der Waals surface area (Å²) in [4.78, 5) is 2.27. The normalized spacial score (nSPS) is 20.0. The molecule has 1 rings (SSSR count). The molecule has 18 heavy (non-hydrogen) atoms. The number of ether oxygens (including phenoxy) is 2. The van der Waals surface area contributed by atoms with E-state index >= 15 is 0 Å². The molecule has 0 aromatic heterocycles. The van der Waals surface area contributed by atoms with Gasteiger partial charge in [0.25, 0.3) is 0 Å². The number of aliphatic hydroxyl groups excluding tert-OH is 1. The van der Waals surface area contributed by atoms with Gasteiger partial charge in [0.1, 0.15) is 0 Å². The van der Waals surface area contributed by atoms with Crippen molar-refractivity contribution in [1.82, 2.24) is 10.2 Å². The van der Waals surface area contributed by atoms with Gasteiger partial charge in [-0.3, -0.25) is 4.90 Å². The van der Waals surface area contributed by atoms with Crippen molar-refractivity contribution < 1.29 is 14.6 Å². The summed E-state index contributed by atoms with van der Waals surface area (Å²) in [5.41, 5.74) is -0.149. The molecular weight excluding hydrogens is 232 g/mol. The van der Waals surface area contributed by atoms with Crippen molar-refractivity contribution in [3.63, 3.8) is 0 Å². The van der Waals surface area contributed by atoms with Gasteiger partial charge in [-0.15, -0.1) is 0 Å². The SMILES string of the molecule is COC(C)(C)CCOCC(O)CN1CCNCC1. The number of methoxy groups -OCH3 is 1. The molecule has 0 aliphatic carbocycles. The van der Waals surface area contributed by atoms with Crippen molar-refractivity contribution in [3.8, 4) is 0 Å². The van der Waals surface area contributed by atoms with Crippen LogP contribution in [0.25, 0.3) is 0 Å². The summed E-state index contributed by atoms with van der Waals surface area (Å²) in [7, 11) is 1.71. The molecule has 1 fully saturated rings. The van der Waals surface area contributed by atoms with Gasteiger partial charge < -0.3 is 19.9 Å². The molecule has 1 unspecified atom stereocenters. The van der Waals surface area contributed by atoms with Gasteiger partial charge in [0, 0.05) is 46.4 Å². The van der Waals surface area contributed by atoms with Crippen LogP contribution in [0.5, 0.6) is 0 Å². The first kappa shape index (κ1) is 15.9. The van der Waals surface area contributed by atoms with E-state index in [9.17, 15) is 5.11 Å². The Morgan fingerprint density at radius 2 is 2.00 bits per heavy atom. The Balaban J connectivity index is 2.04. The molecule has 108 valence electrons. The van der Waals surface area contributed by atoms with Crippen LogP contribution in [0.15, 0.2) is 0 Å². The van der Waals surface area contributed by atoms with E-state index in [0.29, 0.717) is 19.8 Å². The molecule has 1 heterocycles. The summed E-state index contributed by atoms with van der Waals surface area (Å²) in [6.45, 7) is 9.84. The molecule has 0 bridgehead atoms. The largest absolute Gasteiger partial charge is 0.389 e. The molecule has 2 N–H and O–H groups in total. The van der Waals surface area contributed by atoms with Gasteiger partial charge in [-0.1, -0.05) is 0 Å². The van der Waals surface area contributed by atoms with Crippen LogP contribution in [-0.2, 0) is 9.47 Å². The monoisotopic (exact) mass is 260 g/mol. The van der Waals surface area contributed by atoms with Crippen LogP contribution >= 0.6 is 0 Å². The van der Waals surface area contributed by atoms with Gasteiger partial charge in [-0.05, 0) is 20.3 Å². The van der Waals surface area contributed by atoms with Crippen molar-refractivity contribution in [2.24, 2.45) is 0 Å². The van der Waals surface area contributed by atoms with E-state index in [2.05, 4.69) is 10.2 Å². The second-order valence-electron chi connectivity index (χ2n) is 5.49. The maximum atomic E-state index is 9.87. The summed E-state index contributed by atoms with van der Waals surface area (Å²) in [6, 6.07) is 0. The van der Waals surface area contributed by atoms with Crippen molar-refractivity contribution in [2.45, 2.75) is 32.0 Å². The summed E-state index contributed by atoms with van der Waals surface area (Å²) in [5, 5.41) is 13.2. The first-order valence-electron chi connectivity index (χ1n) is 6.77. The highest BCUT2D eigenvalue weighted by atomic mass is 16.5. The van der Waals surface area contributed by atoms with Crippen LogP contribution in [0.1, 0.15) is 20.3 Å². The first-order chi connectivity index (χ1) is 8.53. The van der Waals surface area contributed by atoms with E-state index in [-0.39, 0.29) is 5.60 Å². The molecule has 0 saturated carbocycles. The van der Waals surface area contributed by atoms with Crippen molar-refractivity contribution in [1.29, 1.82) is 0 Å². The van der Waals surface area contributed by atoms with E-state index in [1.54, 1.807) is 7.11 Å². The molecule has 0 amide bonds. The number of piperazine rings is 1. The van der Waals surface area contributed by atoms with Gasteiger partial charge in [0.05, 0.1) is 18.3 Å². The van der Waals surface area contributed by atoms with Crippen LogP contribution in [0.4, 0.5) is 0 Å². The van der Waals surface area contributed by atoms with Crippen molar-refractivity contribution in [3.05, 3.63) is 0 Å². The Kier molecular flexibility index (Phi) is 7.11. The second-order valence-corrected chi connectivity index (χ2v) is 5.49. The van der Waals surface area contributed by atoms with Gasteiger partial charge in [-0.25, -0.2) is 0 Å². The number of nitrogens with zero attached hydrogens (tertiary/aromatic N) is 1. The summed E-state index contributed by atoms with van der Waals surface area (Å²) < 4.78 is 10.8. The fraction of sp³-hybridized carbons (Fsp3) is 1.00. The minimum atomic E-state index is -0.395. The lowest BCUT2D eigenvalue weighted by Gasteiger charge is -2.29. The summed E-state index contributed by atoms with van der Waals surface area (Å²) >= 11 is 0. The van der Waals surface area contributed by atoms with E-state index < -0.39 is 6.10 Å². The summed E-state index contributed by atoms with van der Waals surface area (Å²) in [6.07, 6.45) is 0.442. The maximum Gasteiger partial charge on any atom is 0.0900 e. The quantitative estimate of drug-likeness (QED) is 0.606. The Morgan fingerprint density at radius 1 is 1.33 bits per heavy atom. The van der Waals surface area contributed by atoms with Gasteiger partial charge >= 0.3 is 0 Å². The van der Waals surface area contributed by atoms with Crippen molar-refractivity contribution >= 4 is 0 Å². The fourth-order valence-electron chi connectivity index (χ4n) is 1.88. The van der Waals surface area contributed by atoms with Crippen LogP contribution in [0.3, 0.4) is 0 Å². The maximum absolute atomic E-state index is 9.87. The average molecular weight is 260 g/mol. The number of nitrogens with one attached hydrogen (secondary N) is 1. The van der Waals surface area contributed by atoms with Gasteiger partial charge in [-0.2, -0.15) is 0 Å². The van der Waals surface area contributed by atoms with Crippen LogP contribution in [0, 0.1) is 0 Å². The molecule has 5 nitrogen and oxygen atoms in total. The number of aliphatic hydroxyl groups is 1. The average Bonchev–Trinajstić information content (AvgIpc) is 2.36. The lowest BCUT2D eigenvalue weighted by Crippen LogP contribution is -2.47. The molecule has 1 atom stereocenters. The second kappa shape index (κ2) is 8.07. The molecule has 1 aliphatic heterocycles. The number of rotatable bonds is 8. The van der Waals surface area contributed by atoms with E-state index in [1.807, 2.05) is 13.8 Å². The standard InChI is InChI=1S/C13H28N2O3/c1-13(2,17-3)4-9-18-11-12(16)10-15-7-5-14-6-8-15/h12,14,16H,4-11H2,1-3H3. The van der Waals surface area contributed by atoms with E-state index in [1.165, 1.54) is 0 Å². The predicted octanol–water partition coefficient (Wildman–Crippen LogP) is 0.0842. The number of hydrogen-bond acceptors (Lipinski definition) is 5. The highest BCUT2D eigenvalue weighted by Crippen LogP contribution is 2.12. The molecule has 1 saturated heterocycles. The van der Waals surface area contributed by atoms with Crippen LogP contribution in [-0.4, -0.2) is 74.8 Å². The number of β-amino-alcohol motifs (C(OH)–C–C–N with tert-alkyl or cyclic N) is 1. The fourth-order valence-corrected chi connectivity index (χ4v) is 1.88. The molecule has 0 aromatic rings. The molecule has 1 aliphatic rings. The first-order valence-corrected chi connectivity index (χ1v) is 6.77. The minimum Gasteiger partial charge on any atom is -0.389 e. The number of hydrogen-bond donors (Lipinski definition) is 2. The van der Waals surface area contributed by atoms with E-state index in [0.717, 1.165) is 32.6 Å². The zero-order valence-electron chi connectivity index (χ0n) is 11.9. The Bertz CT molecular complexity index is 218. The van der Waals surface area contributed by atoms with Crippen LogP contribution in [0.2, 0.25) is 0 Å². The molecular formula is C13H28N2O3. The smallest absolute Gasteiger partial charge is 0.0900 e. The molecule has 5 heteroatoms. The minimum absolute atomic E-state index is 0.149. The molecule has 0 spiro atoms. The van der Waals surface area contributed by atoms with Gasteiger partial charge in [0.15, 0.2) is 0 Å². The third kappa shape index (κ3) is 6.66. The Hall–Kier alpha value is -0.200. The highest BCUT2D eigenvalue weighted by Gasteiger charge is 2.17. The lowest BCUT2D eigenvalue weighted by atomic mass is 10.1. The zero-order valence-corrected chi connectivity index (χ0v) is 11.9. The Labute approximate surface area is 110 Å². The molecule has 0 aromatic carbocycles. The van der Waals surface area contributed by atoms with Gasteiger partial charge in [0.2, 0.25) is 0 Å². The zero-order chi connectivity index (χ0) is 13.4.